The van der Waals surface area contributed by atoms with E-state index in [2.05, 4.69) is 0 Å². The molecular weight excluding hydrogens is 260 g/mol. The standard InChI is InChI=1S/C14H20N2O4/c1-3-11(2)16(10-14(19)20)13(18)7-9-15-8-5-4-6-12(15)17/h4-6,8,11H,3,7,9-10H2,1-2H3,(H,19,20). The molecule has 0 aliphatic carbocycles. The van der Waals surface area contributed by atoms with Crippen LogP contribution < -0.4 is 5.56 Å². The summed E-state index contributed by atoms with van der Waals surface area (Å²) in [7, 11) is 0. The van der Waals surface area contributed by atoms with Crippen LogP contribution in [0.2, 0.25) is 0 Å². The number of carbonyl (C=O) groups is 2. The number of aromatic nitrogens is 1. The minimum absolute atomic E-state index is 0.113. The Morgan fingerprint density at radius 2 is 2.10 bits per heavy atom. The van der Waals surface area contributed by atoms with E-state index >= 15 is 0 Å². The van der Waals surface area contributed by atoms with Gasteiger partial charge in [0.1, 0.15) is 6.54 Å². The van der Waals surface area contributed by atoms with Crippen LogP contribution in [0, 0.1) is 0 Å². The molecule has 1 heterocycles. The third-order valence-electron chi connectivity index (χ3n) is 3.21. The average Bonchev–Trinajstić information content (AvgIpc) is 2.42. The number of hydrogen-bond acceptors (Lipinski definition) is 3. The summed E-state index contributed by atoms with van der Waals surface area (Å²) in [5, 5.41) is 8.86. The fourth-order valence-corrected chi connectivity index (χ4v) is 1.86. The SMILES string of the molecule is CCC(C)N(CC(=O)O)C(=O)CCn1ccccc1=O. The van der Waals surface area contributed by atoms with Gasteiger partial charge in [-0.15, -0.1) is 0 Å². The zero-order valence-corrected chi connectivity index (χ0v) is 11.8. The minimum Gasteiger partial charge on any atom is -0.480 e. The highest BCUT2D eigenvalue weighted by Gasteiger charge is 2.21. The third kappa shape index (κ3) is 4.53. The molecule has 1 amide bonds. The number of carboxylic acids is 1. The van der Waals surface area contributed by atoms with E-state index in [0.29, 0.717) is 6.42 Å². The molecule has 1 atom stereocenters. The first kappa shape index (κ1) is 15.9. The molecule has 1 rings (SSSR count). The van der Waals surface area contributed by atoms with Crippen molar-refractivity contribution >= 4 is 11.9 Å². The molecule has 0 radical (unpaired) electrons. The van der Waals surface area contributed by atoms with E-state index in [4.69, 9.17) is 5.11 Å². The number of nitrogens with zero attached hydrogens (tertiary/aromatic N) is 2. The fourth-order valence-electron chi connectivity index (χ4n) is 1.86. The molecule has 0 saturated carbocycles. The lowest BCUT2D eigenvalue weighted by Crippen LogP contribution is -2.42. The van der Waals surface area contributed by atoms with E-state index in [1.165, 1.54) is 15.5 Å². The normalized spacial score (nSPS) is 11.9. The van der Waals surface area contributed by atoms with Crippen molar-refractivity contribution in [2.45, 2.75) is 39.3 Å². The molecule has 1 aromatic rings. The van der Waals surface area contributed by atoms with Crippen molar-refractivity contribution in [1.29, 1.82) is 0 Å². The highest BCUT2D eigenvalue weighted by molar-refractivity contribution is 5.81. The Balaban J connectivity index is 2.69. The largest absolute Gasteiger partial charge is 0.480 e. The van der Waals surface area contributed by atoms with Gasteiger partial charge >= 0.3 is 5.97 Å². The zero-order valence-electron chi connectivity index (χ0n) is 11.8. The molecule has 0 spiro atoms. The summed E-state index contributed by atoms with van der Waals surface area (Å²) in [4.78, 5) is 35.8. The topological polar surface area (TPSA) is 79.6 Å². The van der Waals surface area contributed by atoms with Crippen molar-refractivity contribution in [2.75, 3.05) is 6.54 Å². The van der Waals surface area contributed by atoms with Gasteiger partial charge in [-0.05, 0) is 19.4 Å². The molecule has 0 saturated heterocycles. The Kier molecular flexibility index (Phi) is 5.96. The highest BCUT2D eigenvalue weighted by Crippen LogP contribution is 2.06. The second-order valence-corrected chi connectivity index (χ2v) is 4.65. The average molecular weight is 280 g/mol. The van der Waals surface area contributed by atoms with Crippen LogP contribution in [0.25, 0.3) is 0 Å². The van der Waals surface area contributed by atoms with Gasteiger partial charge in [-0.1, -0.05) is 13.0 Å². The lowest BCUT2D eigenvalue weighted by Gasteiger charge is -2.27. The highest BCUT2D eigenvalue weighted by atomic mass is 16.4. The number of aryl methyl sites for hydroxylation is 1. The lowest BCUT2D eigenvalue weighted by molar-refractivity contribution is -0.146. The fraction of sp³-hybridized carbons (Fsp3) is 0.500. The molecule has 0 bridgehead atoms. The Bertz CT molecular complexity index is 524. The van der Waals surface area contributed by atoms with Gasteiger partial charge < -0.3 is 14.6 Å². The van der Waals surface area contributed by atoms with Gasteiger partial charge in [-0.2, -0.15) is 0 Å². The number of carboxylic acid groups (broad SMARTS) is 1. The molecule has 6 nitrogen and oxygen atoms in total. The first-order valence-corrected chi connectivity index (χ1v) is 6.62. The van der Waals surface area contributed by atoms with Gasteiger partial charge in [0.15, 0.2) is 0 Å². The van der Waals surface area contributed by atoms with Crippen molar-refractivity contribution < 1.29 is 14.7 Å². The molecule has 0 aliphatic rings. The molecule has 20 heavy (non-hydrogen) atoms. The van der Waals surface area contributed by atoms with Crippen LogP contribution >= 0.6 is 0 Å². The van der Waals surface area contributed by atoms with Crippen LogP contribution in [0.15, 0.2) is 29.2 Å². The molecule has 0 aliphatic heterocycles. The zero-order chi connectivity index (χ0) is 15.1. The Labute approximate surface area is 117 Å². The van der Waals surface area contributed by atoms with Crippen LogP contribution in [0.3, 0.4) is 0 Å². The van der Waals surface area contributed by atoms with Crippen LogP contribution in [-0.4, -0.2) is 39.0 Å². The molecule has 0 aromatic carbocycles. The summed E-state index contributed by atoms with van der Waals surface area (Å²) in [6, 6.07) is 4.64. The van der Waals surface area contributed by atoms with Crippen LogP contribution in [0.5, 0.6) is 0 Å². The summed E-state index contributed by atoms with van der Waals surface area (Å²) in [5.41, 5.74) is -0.173. The minimum atomic E-state index is -1.03. The Morgan fingerprint density at radius 1 is 1.40 bits per heavy atom. The van der Waals surface area contributed by atoms with Crippen molar-refractivity contribution in [3.05, 3.63) is 34.7 Å². The van der Waals surface area contributed by atoms with Gasteiger partial charge in [0.05, 0.1) is 0 Å². The molecule has 0 fully saturated rings. The van der Waals surface area contributed by atoms with Crippen LogP contribution in [0.1, 0.15) is 26.7 Å². The first-order chi connectivity index (χ1) is 9.45. The van der Waals surface area contributed by atoms with E-state index in [0.717, 1.165) is 0 Å². The number of amides is 1. The summed E-state index contributed by atoms with van der Waals surface area (Å²) in [6.45, 7) is 3.66. The van der Waals surface area contributed by atoms with Gasteiger partial charge in [0, 0.05) is 31.3 Å². The van der Waals surface area contributed by atoms with Crippen molar-refractivity contribution in [1.82, 2.24) is 9.47 Å². The quantitative estimate of drug-likeness (QED) is 0.806. The second kappa shape index (κ2) is 7.47. The van der Waals surface area contributed by atoms with E-state index in [9.17, 15) is 14.4 Å². The lowest BCUT2D eigenvalue weighted by atomic mass is 10.2. The number of hydrogen-bond donors (Lipinski definition) is 1. The maximum Gasteiger partial charge on any atom is 0.323 e. The molecule has 110 valence electrons. The van der Waals surface area contributed by atoms with Crippen molar-refractivity contribution in [2.24, 2.45) is 0 Å². The molecule has 1 aromatic heterocycles. The summed E-state index contributed by atoms with van der Waals surface area (Å²) in [5.74, 6) is -1.28. The number of pyridine rings is 1. The van der Waals surface area contributed by atoms with E-state index < -0.39 is 5.97 Å². The van der Waals surface area contributed by atoms with E-state index in [-0.39, 0.29) is 37.0 Å². The second-order valence-electron chi connectivity index (χ2n) is 4.65. The first-order valence-electron chi connectivity index (χ1n) is 6.62. The van der Waals surface area contributed by atoms with E-state index in [1.807, 2.05) is 13.8 Å². The van der Waals surface area contributed by atoms with Gasteiger partial charge in [-0.25, -0.2) is 0 Å². The summed E-state index contributed by atoms with van der Waals surface area (Å²) >= 11 is 0. The van der Waals surface area contributed by atoms with Gasteiger partial charge in [0.2, 0.25) is 5.91 Å². The van der Waals surface area contributed by atoms with Crippen LogP contribution in [-0.2, 0) is 16.1 Å². The van der Waals surface area contributed by atoms with Crippen LogP contribution in [0.4, 0.5) is 0 Å². The maximum atomic E-state index is 12.1. The Morgan fingerprint density at radius 3 is 2.65 bits per heavy atom. The Hall–Kier alpha value is -2.11. The predicted octanol–water partition coefficient (Wildman–Crippen LogP) is 0.950. The smallest absolute Gasteiger partial charge is 0.323 e. The van der Waals surface area contributed by atoms with Crippen molar-refractivity contribution in [3.63, 3.8) is 0 Å². The molecule has 1 N–H and O–H groups in total. The molecule has 6 heteroatoms. The van der Waals surface area contributed by atoms with E-state index in [1.54, 1.807) is 18.3 Å². The molecular formula is C14H20N2O4. The predicted molar refractivity (Wildman–Crippen MR) is 74.4 cm³/mol. The number of aliphatic carboxylic acids is 1. The maximum absolute atomic E-state index is 12.1. The summed E-state index contributed by atoms with van der Waals surface area (Å²) < 4.78 is 1.44. The van der Waals surface area contributed by atoms with Crippen molar-refractivity contribution in [3.8, 4) is 0 Å². The third-order valence-corrected chi connectivity index (χ3v) is 3.21. The van der Waals surface area contributed by atoms with Gasteiger partial charge in [-0.3, -0.25) is 14.4 Å². The van der Waals surface area contributed by atoms with Gasteiger partial charge in [0.25, 0.3) is 5.56 Å². The monoisotopic (exact) mass is 280 g/mol. The summed E-state index contributed by atoms with van der Waals surface area (Å²) in [6.07, 6.45) is 2.41. The molecule has 1 unspecified atom stereocenters. The number of rotatable bonds is 7. The number of carbonyl (C=O) groups excluding carboxylic acids is 1.